The van der Waals surface area contributed by atoms with Gasteiger partial charge in [0.2, 0.25) is 0 Å². The topological polar surface area (TPSA) is 92.5 Å². The molecule has 0 amide bonds. The summed E-state index contributed by atoms with van der Waals surface area (Å²) in [5.41, 5.74) is 0.996. The molecular formula is C17H24N6O2S. The number of nitrogens with one attached hydrogen (secondary N) is 1. The molecule has 0 aliphatic carbocycles. The van der Waals surface area contributed by atoms with Crippen molar-refractivity contribution in [2.24, 2.45) is 4.99 Å². The molecule has 1 aliphatic heterocycles. The van der Waals surface area contributed by atoms with E-state index in [2.05, 4.69) is 20.3 Å². The summed E-state index contributed by atoms with van der Waals surface area (Å²) in [4.78, 5) is 14.8. The zero-order valence-electron chi connectivity index (χ0n) is 15.3. The Labute approximate surface area is 153 Å². The number of pyridine rings is 1. The van der Waals surface area contributed by atoms with E-state index in [1.165, 1.54) is 0 Å². The smallest absolute Gasteiger partial charge is 0.193 e. The molecule has 0 aromatic carbocycles. The first-order valence-electron chi connectivity index (χ1n) is 8.44. The predicted octanol–water partition coefficient (Wildman–Crippen LogP) is 0.852. The maximum atomic E-state index is 12.2. The molecule has 9 heteroatoms. The van der Waals surface area contributed by atoms with Crippen LogP contribution in [-0.2, 0) is 16.4 Å². The van der Waals surface area contributed by atoms with Gasteiger partial charge in [-0.1, -0.05) is 6.07 Å². The minimum absolute atomic E-state index is 0.133. The molecule has 2 aromatic rings. The fourth-order valence-electron chi connectivity index (χ4n) is 3.02. The van der Waals surface area contributed by atoms with Gasteiger partial charge in [-0.3, -0.25) is 9.56 Å². The van der Waals surface area contributed by atoms with E-state index in [9.17, 15) is 8.42 Å². The number of hydrogen-bond acceptors (Lipinski definition) is 5. The molecule has 0 atom stereocenters. The second kappa shape index (κ2) is 7.06. The molecule has 140 valence electrons. The van der Waals surface area contributed by atoms with Crippen molar-refractivity contribution < 1.29 is 8.42 Å². The summed E-state index contributed by atoms with van der Waals surface area (Å²) in [5.74, 6) is 1.62. The average molecular weight is 376 g/mol. The lowest BCUT2D eigenvalue weighted by atomic mass is 10.2. The summed E-state index contributed by atoms with van der Waals surface area (Å²) in [7, 11) is -1.38. The first kappa shape index (κ1) is 18.4. The molecule has 0 saturated carbocycles. The van der Waals surface area contributed by atoms with Gasteiger partial charge >= 0.3 is 0 Å². The van der Waals surface area contributed by atoms with Crippen molar-refractivity contribution in [3.05, 3.63) is 42.6 Å². The molecule has 1 fully saturated rings. The van der Waals surface area contributed by atoms with Gasteiger partial charge in [-0.15, -0.1) is 0 Å². The third-order valence-corrected chi connectivity index (χ3v) is 7.14. The Morgan fingerprint density at radius 2 is 2.19 bits per heavy atom. The Balaban J connectivity index is 1.74. The third-order valence-electron chi connectivity index (χ3n) is 4.61. The van der Waals surface area contributed by atoms with Crippen LogP contribution >= 0.6 is 0 Å². The summed E-state index contributed by atoms with van der Waals surface area (Å²) in [5, 5.41) is 3.33. The van der Waals surface area contributed by atoms with Crippen LogP contribution in [0.1, 0.15) is 19.4 Å². The quantitative estimate of drug-likeness (QED) is 0.631. The SMILES string of the molecule is CN=C(NCc1cccnc1-n1ccnc1)N1CCS(=O)(=O)C(C)(C)C1. The van der Waals surface area contributed by atoms with Gasteiger partial charge in [0.15, 0.2) is 15.8 Å². The van der Waals surface area contributed by atoms with E-state index < -0.39 is 14.6 Å². The molecule has 0 bridgehead atoms. The molecule has 3 rings (SSSR count). The normalized spacial score (nSPS) is 19.3. The molecule has 1 saturated heterocycles. The van der Waals surface area contributed by atoms with E-state index in [0.717, 1.165) is 11.4 Å². The molecule has 1 N–H and O–H groups in total. The standard InChI is InChI=1S/C17H24N6O2S/c1-17(2)12-22(9-10-26(17,24)25)16(18-3)21-11-14-5-4-6-20-15(14)23-8-7-19-13-23/h4-8,13H,9-12H2,1-3H3,(H,18,21). The van der Waals surface area contributed by atoms with Gasteiger partial charge < -0.3 is 10.2 Å². The van der Waals surface area contributed by atoms with Gasteiger partial charge in [0, 0.05) is 50.8 Å². The van der Waals surface area contributed by atoms with Crippen LogP contribution in [0.15, 0.2) is 42.0 Å². The summed E-state index contributed by atoms with van der Waals surface area (Å²) >= 11 is 0. The second-order valence-corrected chi connectivity index (χ2v) is 9.60. The number of imidazole rings is 1. The predicted molar refractivity (Wildman–Crippen MR) is 101 cm³/mol. The van der Waals surface area contributed by atoms with Crippen LogP contribution in [0, 0.1) is 0 Å². The number of aliphatic imine (C=N–C) groups is 1. The summed E-state index contributed by atoms with van der Waals surface area (Å²) in [6.07, 6.45) is 7.00. The van der Waals surface area contributed by atoms with Gasteiger partial charge in [0.25, 0.3) is 0 Å². The maximum Gasteiger partial charge on any atom is 0.193 e. The fourth-order valence-corrected chi connectivity index (χ4v) is 4.38. The zero-order chi connectivity index (χ0) is 18.8. The number of sulfone groups is 1. The first-order valence-corrected chi connectivity index (χ1v) is 10.1. The van der Waals surface area contributed by atoms with E-state index in [0.29, 0.717) is 25.6 Å². The fraction of sp³-hybridized carbons (Fsp3) is 0.471. The molecule has 2 aromatic heterocycles. The molecule has 0 unspecified atom stereocenters. The van der Waals surface area contributed by atoms with E-state index in [1.54, 1.807) is 39.6 Å². The lowest BCUT2D eigenvalue weighted by Crippen LogP contribution is -2.57. The minimum atomic E-state index is -3.08. The van der Waals surface area contributed by atoms with Crippen LogP contribution in [0.2, 0.25) is 0 Å². The van der Waals surface area contributed by atoms with Crippen molar-refractivity contribution in [3.63, 3.8) is 0 Å². The molecule has 1 aliphatic rings. The summed E-state index contributed by atoms with van der Waals surface area (Å²) in [6.45, 7) is 4.90. The highest BCUT2D eigenvalue weighted by Gasteiger charge is 2.40. The largest absolute Gasteiger partial charge is 0.352 e. The third kappa shape index (κ3) is 3.57. The Kier molecular flexibility index (Phi) is 4.99. The van der Waals surface area contributed by atoms with Crippen LogP contribution in [0.4, 0.5) is 0 Å². The number of guanidine groups is 1. The molecule has 0 radical (unpaired) electrons. The van der Waals surface area contributed by atoms with E-state index in [1.807, 2.05) is 27.8 Å². The van der Waals surface area contributed by atoms with Crippen molar-refractivity contribution in [1.29, 1.82) is 0 Å². The van der Waals surface area contributed by atoms with Crippen molar-refractivity contribution in [2.75, 3.05) is 25.9 Å². The highest BCUT2D eigenvalue weighted by Crippen LogP contribution is 2.23. The Hall–Kier alpha value is -2.42. The highest BCUT2D eigenvalue weighted by atomic mass is 32.2. The summed E-state index contributed by atoms with van der Waals surface area (Å²) in [6, 6.07) is 3.88. The van der Waals surface area contributed by atoms with Crippen LogP contribution in [0.25, 0.3) is 5.82 Å². The Morgan fingerprint density at radius 1 is 1.38 bits per heavy atom. The van der Waals surface area contributed by atoms with Crippen LogP contribution in [-0.4, -0.2) is 64.4 Å². The average Bonchev–Trinajstić information content (AvgIpc) is 3.13. The molecule has 26 heavy (non-hydrogen) atoms. The molecule has 8 nitrogen and oxygen atoms in total. The van der Waals surface area contributed by atoms with Gasteiger partial charge in [0.1, 0.15) is 12.1 Å². The lowest BCUT2D eigenvalue weighted by molar-refractivity contribution is 0.353. The summed E-state index contributed by atoms with van der Waals surface area (Å²) < 4.78 is 25.5. The Bertz CT molecular complexity index is 890. The van der Waals surface area contributed by atoms with Crippen LogP contribution in [0.5, 0.6) is 0 Å². The van der Waals surface area contributed by atoms with E-state index in [-0.39, 0.29) is 5.75 Å². The Morgan fingerprint density at radius 3 is 2.85 bits per heavy atom. The van der Waals surface area contributed by atoms with Gasteiger partial charge in [-0.2, -0.15) is 0 Å². The number of aromatic nitrogens is 3. The van der Waals surface area contributed by atoms with Gasteiger partial charge in [-0.05, 0) is 19.9 Å². The van der Waals surface area contributed by atoms with Crippen molar-refractivity contribution in [1.82, 2.24) is 24.8 Å². The van der Waals surface area contributed by atoms with E-state index >= 15 is 0 Å². The number of hydrogen-bond donors (Lipinski definition) is 1. The van der Waals surface area contributed by atoms with Crippen molar-refractivity contribution >= 4 is 15.8 Å². The zero-order valence-corrected chi connectivity index (χ0v) is 16.1. The second-order valence-electron chi connectivity index (χ2n) is 6.86. The first-order chi connectivity index (χ1) is 12.3. The number of rotatable bonds is 3. The number of nitrogens with zero attached hydrogens (tertiary/aromatic N) is 5. The van der Waals surface area contributed by atoms with E-state index in [4.69, 9.17) is 0 Å². The van der Waals surface area contributed by atoms with Crippen molar-refractivity contribution in [2.45, 2.75) is 25.1 Å². The highest BCUT2D eigenvalue weighted by molar-refractivity contribution is 7.92. The molecule has 3 heterocycles. The maximum absolute atomic E-state index is 12.2. The minimum Gasteiger partial charge on any atom is -0.352 e. The van der Waals surface area contributed by atoms with Crippen LogP contribution in [0.3, 0.4) is 0 Å². The lowest BCUT2D eigenvalue weighted by Gasteiger charge is -2.39. The van der Waals surface area contributed by atoms with Crippen molar-refractivity contribution in [3.8, 4) is 5.82 Å². The van der Waals surface area contributed by atoms with Gasteiger partial charge in [-0.25, -0.2) is 18.4 Å². The monoisotopic (exact) mass is 376 g/mol. The van der Waals surface area contributed by atoms with Gasteiger partial charge in [0.05, 0.1) is 10.5 Å². The molecular weight excluding hydrogens is 352 g/mol. The van der Waals surface area contributed by atoms with Crippen LogP contribution < -0.4 is 5.32 Å². The molecule has 0 spiro atoms.